The molecular weight excluding hydrogens is 539 g/mol. The van der Waals surface area contributed by atoms with E-state index in [0.717, 1.165) is 36.9 Å². The maximum absolute atomic E-state index is 13.6. The van der Waals surface area contributed by atoms with E-state index in [1.165, 1.54) is 18.5 Å². The molecule has 12 heteroatoms. The van der Waals surface area contributed by atoms with Crippen molar-refractivity contribution in [3.05, 3.63) is 59.6 Å². The Morgan fingerprint density at radius 3 is 2.57 bits per heavy atom. The SMILES string of the molecule is Cc1c(-c2cc(OC(c3ccc(F)cn3)C3CC3)c3c(C#N)cnn3c2)nnn1C1CCN(C(=O)OC(C)(C)C)CC1. The summed E-state index contributed by atoms with van der Waals surface area (Å²) < 4.78 is 29.3. The van der Waals surface area contributed by atoms with Gasteiger partial charge in [-0.3, -0.25) is 4.98 Å². The molecule has 4 aromatic heterocycles. The number of piperidine rings is 1. The molecule has 2 fully saturated rings. The van der Waals surface area contributed by atoms with Crippen LogP contribution >= 0.6 is 0 Å². The Bertz CT molecular complexity index is 1650. The number of carbonyl (C=O) groups is 1. The first-order valence-corrected chi connectivity index (χ1v) is 14.2. The van der Waals surface area contributed by atoms with Crippen molar-refractivity contribution in [1.29, 1.82) is 5.26 Å². The van der Waals surface area contributed by atoms with Gasteiger partial charge in [-0.1, -0.05) is 5.21 Å². The highest BCUT2D eigenvalue weighted by Gasteiger charge is 2.36. The Morgan fingerprint density at radius 1 is 1.17 bits per heavy atom. The van der Waals surface area contributed by atoms with Crippen molar-refractivity contribution in [3.8, 4) is 23.1 Å². The molecule has 0 radical (unpaired) electrons. The highest BCUT2D eigenvalue weighted by Crippen LogP contribution is 2.44. The van der Waals surface area contributed by atoms with Gasteiger partial charge in [-0.25, -0.2) is 18.4 Å². The molecule has 0 aromatic carbocycles. The zero-order valence-electron chi connectivity index (χ0n) is 24.1. The summed E-state index contributed by atoms with van der Waals surface area (Å²) in [5, 5.41) is 23.2. The summed E-state index contributed by atoms with van der Waals surface area (Å²) in [5.41, 5.74) is 3.33. The third kappa shape index (κ3) is 5.51. The van der Waals surface area contributed by atoms with Gasteiger partial charge in [0.1, 0.15) is 46.1 Å². The third-order valence-corrected chi connectivity index (χ3v) is 7.71. The Hall–Kier alpha value is -4.53. The summed E-state index contributed by atoms with van der Waals surface area (Å²) >= 11 is 0. The highest BCUT2D eigenvalue weighted by atomic mass is 19.1. The van der Waals surface area contributed by atoms with Crippen LogP contribution in [0.1, 0.15) is 75.6 Å². The number of ether oxygens (including phenoxy) is 2. The summed E-state index contributed by atoms with van der Waals surface area (Å²) in [5.74, 6) is 0.313. The first-order chi connectivity index (χ1) is 20.1. The van der Waals surface area contributed by atoms with E-state index in [0.29, 0.717) is 41.3 Å². The summed E-state index contributed by atoms with van der Waals surface area (Å²) in [6.07, 6.45) is 7.25. The van der Waals surface area contributed by atoms with E-state index >= 15 is 0 Å². The fourth-order valence-corrected chi connectivity index (χ4v) is 5.45. The van der Waals surface area contributed by atoms with Crippen molar-refractivity contribution in [1.82, 2.24) is 34.5 Å². The van der Waals surface area contributed by atoms with Crippen molar-refractivity contribution in [2.45, 2.75) is 71.1 Å². The largest absolute Gasteiger partial charge is 0.481 e. The van der Waals surface area contributed by atoms with Gasteiger partial charge in [0.25, 0.3) is 0 Å². The average Bonchev–Trinajstić information content (AvgIpc) is 3.60. The lowest BCUT2D eigenvalue weighted by molar-refractivity contribution is 0.0183. The van der Waals surface area contributed by atoms with Gasteiger partial charge in [-0.05, 0) is 71.6 Å². The highest BCUT2D eigenvalue weighted by molar-refractivity contribution is 5.75. The predicted octanol–water partition coefficient (Wildman–Crippen LogP) is 5.41. The van der Waals surface area contributed by atoms with Crippen molar-refractivity contribution >= 4 is 11.6 Å². The molecular formula is C30H33FN8O3. The van der Waals surface area contributed by atoms with Gasteiger partial charge in [0.15, 0.2) is 0 Å². The first-order valence-electron chi connectivity index (χ1n) is 14.2. The zero-order chi connectivity index (χ0) is 29.6. The number of hydrogen-bond acceptors (Lipinski definition) is 8. The summed E-state index contributed by atoms with van der Waals surface area (Å²) in [6.45, 7) is 8.70. The molecule has 0 bridgehead atoms. The number of fused-ring (bicyclic) bond motifs is 1. The van der Waals surface area contributed by atoms with E-state index in [9.17, 15) is 14.4 Å². The second-order valence-electron chi connectivity index (χ2n) is 12.0. The lowest BCUT2D eigenvalue weighted by Gasteiger charge is -2.33. The van der Waals surface area contributed by atoms with Crippen LogP contribution in [0, 0.1) is 30.0 Å². The van der Waals surface area contributed by atoms with Gasteiger partial charge in [0.2, 0.25) is 0 Å². The summed E-state index contributed by atoms with van der Waals surface area (Å²) in [7, 11) is 0. The second kappa shape index (κ2) is 10.7. The Morgan fingerprint density at radius 2 is 1.93 bits per heavy atom. The van der Waals surface area contributed by atoms with E-state index in [4.69, 9.17) is 9.47 Å². The molecule has 1 unspecified atom stereocenters. The molecule has 11 nitrogen and oxygen atoms in total. The Labute approximate surface area is 242 Å². The molecule has 218 valence electrons. The first kappa shape index (κ1) is 27.6. The smallest absolute Gasteiger partial charge is 0.410 e. The van der Waals surface area contributed by atoms with Crippen LogP contribution in [-0.4, -0.2) is 59.3 Å². The van der Waals surface area contributed by atoms with Gasteiger partial charge >= 0.3 is 6.09 Å². The number of amides is 1. The van der Waals surface area contributed by atoms with E-state index < -0.39 is 17.5 Å². The fourth-order valence-electron chi connectivity index (χ4n) is 5.45. The number of aromatic nitrogens is 6. The van der Waals surface area contributed by atoms with Gasteiger partial charge in [0.05, 0.1) is 29.8 Å². The monoisotopic (exact) mass is 572 g/mol. The predicted molar refractivity (Wildman–Crippen MR) is 150 cm³/mol. The van der Waals surface area contributed by atoms with Crippen molar-refractivity contribution in [3.63, 3.8) is 0 Å². The summed E-state index contributed by atoms with van der Waals surface area (Å²) in [6, 6.07) is 7.18. The molecule has 1 aliphatic carbocycles. The molecule has 2 aliphatic rings. The van der Waals surface area contributed by atoms with Crippen LogP contribution < -0.4 is 4.74 Å². The van der Waals surface area contributed by atoms with Gasteiger partial charge in [-0.2, -0.15) is 10.4 Å². The fraction of sp³-hybridized carbons (Fsp3) is 0.467. The van der Waals surface area contributed by atoms with E-state index in [1.54, 1.807) is 15.5 Å². The molecule has 42 heavy (non-hydrogen) atoms. The van der Waals surface area contributed by atoms with Gasteiger partial charge in [0, 0.05) is 30.8 Å². The minimum atomic E-state index is -0.536. The lowest BCUT2D eigenvalue weighted by atomic mass is 10.0. The topological polar surface area (TPSA) is 123 Å². The molecule has 1 saturated heterocycles. The van der Waals surface area contributed by atoms with Crippen LogP contribution in [0.2, 0.25) is 0 Å². The molecule has 1 aliphatic heterocycles. The minimum Gasteiger partial charge on any atom is -0.481 e. The van der Waals surface area contributed by atoms with Crippen molar-refractivity contribution in [2.24, 2.45) is 5.92 Å². The van der Waals surface area contributed by atoms with E-state index in [-0.39, 0.29) is 18.1 Å². The van der Waals surface area contributed by atoms with Crippen molar-refractivity contribution in [2.75, 3.05) is 13.1 Å². The number of nitriles is 1. The number of pyridine rings is 2. The molecule has 4 aromatic rings. The molecule has 1 atom stereocenters. The number of likely N-dealkylation sites (tertiary alicyclic amines) is 1. The van der Waals surface area contributed by atoms with Crippen LogP contribution in [0.25, 0.3) is 16.8 Å². The summed E-state index contributed by atoms with van der Waals surface area (Å²) in [4.78, 5) is 18.5. The lowest BCUT2D eigenvalue weighted by Crippen LogP contribution is -2.42. The van der Waals surface area contributed by atoms with Gasteiger partial charge < -0.3 is 14.4 Å². The van der Waals surface area contributed by atoms with Gasteiger partial charge in [-0.15, -0.1) is 5.10 Å². The molecule has 6 rings (SSSR count). The van der Waals surface area contributed by atoms with Crippen molar-refractivity contribution < 1.29 is 18.7 Å². The molecule has 0 N–H and O–H groups in total. The average molecular weight is 573 g/mol. The normalized spacial score (nSPS) is 16.8. The standard InChI is InChI=1S/C30H33FN8O3/c1-18-26(35-36-39(18)23-9-11-37(12-10-23)29(40)42-30(2,3)4)20-13-25(27-21(14-32)15-34-38(27)17-20)41-28(19-5-6-19)24-8-7-22(31)16-33-24/h7-8,13,15-17,19,23,28H,5-6,9-12H2,1-4H3. The van der Waals surface area contributed by atoms with Crippen LogP contribution in [0.3, 0.4) is 0 Å². The number of rotatable bonds is 6. The molecule has 1 saturated carbocycles. The van der Waals surface area contributed by atoms with Crippen LogP contribution in [0.15, 0.2) is 36.8 Å². The molecule has 1 amide bonds. The maximum atomic E-state index is 13.6. The molecule has 5 heterocycles. The Balaban J connectivity index is 1.28. The number of carbonyl (C=O) groups excluding carboxylic acids is 1. The number of nitrogens with zero attached hydrogens (tertiary/aromatic N) is 8. The Kier molecular flexibility index (Phi) is 7.04. The van der Waals surface area contributed by atoms with Crippen LogP contribution in [-0.2, 0) is 4.74 Å². The van der Waals surface area contributed by atoms with Crippen LogP contribution in [0.5, 0.6) is 5.75 Å². The minimum absolute atomic E-state index is 0.0862. The zero-order valence-corrected chi connectivity index (χ0v) is 24.1. The number of halogens is 1. The van der Waals surface area contributed by atoms with Crippen LogP contribution in [0.4, 0.5) is 9.18 Å². The van der Waals surface area contributed by atoms with E-state index in [1.807, 2.05) is 44.6 Å². The second-order valence-corrected chi connectivity index (χ2v) is 12.0. The molecule has 0 spiro atoms. The maximum Gasteiger partial charge on any atom is 0.410 e. The number of hydrogen-bond donors (Lipinski definition) is 0. The third-order valence-electron chi connectivity index (χ3n) is 7.71. The van der Waals surface area contributed by atoms with E-state index in [2.05, 4.69) is 26.5 Å². The quantitative estimate of drug-likeness (QED) is 0.301.